The second-order valence-electron chi connectivity index (χ2n) is 2.81. The fourth-order valence-corrected chi connectivity index (χ4v) is 1.11. The Morgan fingerprint density at radius 1 is 1.43 bits per heavy atom. The second kappa shape index (κ2) is 3.26. The molecular formula is C9H7N5. The van der Waals surface area contributed by atoms with E-state index in [-0.39, 0.29) is 0 Å². The van der Waals surface area contributed by atoms with E-state index in [1.807, 2.05) is 13.1 Å². The van der Waals surface area contributed by atoms with E-state index in [1.165, 1.54) is 6.20 Å². The van der Waals surface area contributed by atoms with Crippen LogP contribution in [0.5, 0.6) is 0 Å². The molecule has 0 saturated heterocycles. The average molecular weight is 185 g/mol. The third kappa shape index (κ3) is 1.33. The van der Waals surface area contributed by atoms with Crippen LogP contribution in [0.1, 0.15) is 5.56 Å². The summed E-state index contributed by atoms with van der Waals surface area (Å²) in [7, 11) is 1.84. The highest BCUT2D eigenvalue weighted by atomic mass is 15.3. The van der Waals surface area contributed by atoms with Gasteiger partial charge in [0.2, 0.25) is 0 Å². The Kier molecular flexibility index (Phi) is 1.95. The van der Waals surface area contributed by atoms with Crippen molar-refractivity contribution in [3.63, 3.8) is 0 Å². The van der Waals surface area contributed by atoms with Crippen molar-refractivity contribution in [1.82, 2.24) is 19.7 Å². The molecule has 0 aromatic carbocycles. The van der Waals surface area contributed by atoms with Gasteiger partial charge in [-0.2, -0.15) is 5.26 Å². The molecule has 0 radical (unpaired) electrons. The molecule has 0 atom stereocenters. The Bertz CT molecular complexity index is 477. The van der Waals surface area contributed by atoms with Crippen LogP contribution >= 0.6 is 0 Å². The summed E-state index contributed by atoms with van der Waals surface area (Å²) < 4.78 is 1.77. The zero-order valence-electron chi connectivity index (χ0n) is 7.55. The van der Waals surface area contributed by atoms with Crippen LogP contribution in [0.15, 0.2) is 24.7 Å². The molecule has 2 heterocycles. The molecule has 0 aliphatic heterocycles. The molecule has 68 valence electrons. The normalized spacial score (nSPS) is 9.71. The van der Waals surface area contributed by atoms with Gasteiger partial charge in [0.1, 0.15) is 18.1 Å². The molecule has 0 aliphatic carbocycles. The van der Waals surface area contributed by atoms with E-state index < -0.39 is 0 Å². The lowest BCUT2D eigenvalue weighted by molar-refractivity contribution is 0.913. The first-order valence-electron chi connectivity index (χ1n) is 4.02. The highest BCUT2D eigenvalue weighted by Gasteiger charge is 2.04. The number of pyridine rings is 1. The number of aromatic nitrogens is 4. The largest absolute Gasteiger partial charge is 0.315 e. The summed E-state index contributed by atoms with van der Waals surface area (Å²) in [6.07, 6.45) is 3.12. The fourth-order valence-electron chi connectivity index (χ4n) is 1.11. The van der Waals surface area contributed by atoms with Gasteiger partial charge in [-0.05, 0) is 12.1 Å². The summed E-state index contributed by atoms with van der Waals surface area (Å²) in [5.41, 5.74) is 1.25. The highest BCUT2D eigenvalue weighted by molar-refractivity contribution is 5.49. The molecule has 0 spiro atoms. The minimum atomic E-state index is 0.538. The van der Waals surface area contributed by atoms with Gasteiger partial charge in [0, 0.05) is 13.2 Å². The first-order chi connectivity index (χ1) is 6.81. The molecule has 14 heavy (non-hydrogen) atoms. The lowest BCUT2D eigenvalue weighted by Gasteiger charge is -1.98. The minimum Gasteiger partial charge on any atom is -0.315 e. The molecule has 0 N–H and O–H groups in total. The summed E-state index contributed by atoms with van der Waals surface area (Å²) >= 11 is 0. The van der Waals surface area contributed by atoms with Crippen molar-refractivity contribution in [2.45, 2.75) is 0 Å². The van der Waals surface area contributed by atoms with Crippen LogP contribution in [-0.2, 0) is 7.05 Å². The van der Waals surface area contributed by atoms with E-state index in [1.54, 1.807) is 23.0 Å². The first-order valence-corrected chi connectivity index (χ1v) is 4.02. The second-order valence-corrected chi connectivity index (χ2v) is 2.81. The van der Waals surface area contributed by atoms with Crippen LogP contribution < -0.4 is 0 Å². The third-order valence-corrected chi connectivity index (χ3v) is 1.83. The number of rotatable bonds is 1. The van der Waals surface area contributed by atoms with Crippen LogP contribution in [-0.4, -0.2) is 19.7 Å². The van der Waals surface area contributed by atoms with Crippen molar-refractivity contribution in [1.29, 1.82) is 5.26 Å². The Balaban J connectivity index is 2.45. The molecular weight excluding hydrogens is 178 g/mol. The lowest BCUT2D eigenvalue weighted by atomic mass is 10.2. The number of nitrogens with zero attached hydrogens (tertiary/aromatic N) is 5. The number of hydrogen-bond donors (Lipinski definition) is 0. The van der Waals surface area contributed by atoms with Gasteiger partial charge in [-0.25, -0.2) is 0 Å². The maximum absolute atomic E-state index is 8.59. The maximum Gasteiger partial charge on any atom is 0.182 e. The first kappa shape index (κ1) is 8.38. The number of aryl methyl sites for hydroxylation is 1. The monoisotopic (exact) mass is 185 g/mol. The zero-order valence-corrected chi connectivity index (χ0v) is 7.55. The van der Waals surface area contributed by atoms with E-state index in [9.17, 15) is 0 Å². The zero-order chi connectivity index (χ0) is 9.97. The van der Waals surface area contributed by atoms with Gasteiger partial charge in [-0.1, -0.05) is 0 Å². The molecule has 0 unspecified atom stereocenters. The van der Waals surface area contributed by atoms with E-state index in [2.05, 4.69) is 15.2 Å². The van der Waals surface area contributed by atoms with Crippen molar-refractivity contribution >= 4 is 0 Å². The van der Waals surface area contributed by atoms with E-state index >= 15 is 0 Å². The van der Waals surface area contributed by atoms with Gasteiger partial charge < -0.3 is 4.57 Å². The molecule has 2 rings (SSSR count). The minimum absolute atomic E-state index is 0.538. The van der Waals surface area contributed by atoms with E-state index in [4.69, 9.17) is 5.26 Å². The van der Waals surface area contributed by atoms with Crippen LogP contribution in [0, 0.1) is 11.3 Å². The quantitative estimate of drug-likeness (QED) is 0.657. The molecule has 0 saturated carbocycles. The Morgan fingerprint density at radius 2 is 2.29 bits per heavy atom. The molecule has 5 nitrogen and oxygen atoms in total. The van der Waals surface area contributed by atoms with Crippen molar-refractivity contribution < 1.29 is 0 Å². The van der Waals surface area contributed by atoms with Crippen molar-refractivity contribution in [3.8, 4) is 17.6 Å². The lowest BCUT2D eigenvalue weighted by Crippen LogP contribution is -1.93. The summed E-state index contributed by atoms with van der Waals surface area (Å²) in [6, 6.07) is 5.47. The number of nitriles is 1. The maximum atomic E-state index is 8.59. The average Bonchev–Trinajstić information content (AvgIpc) is 2.65. The molecule has 5 heteroatoms. The summed E-state index contributed by atoms with van der Waals surface area (Å²) in [5.74, 6) is 0.689. The SMILES string of the molecule is Cn1cnnc1-c1ccc(C#N)cn1. The van der Waals surface area contributed by atoms with Crippen LogP contribution in [0.25, 0.3) is 11.5 Å². The van der Waals surface area contributed by atoms with E-state index in [0.29, 0.717) is 17.1 Å². The Morgan fingerprint density at radius 3 is 2.79 bits per heavy atom. The topological polar surface area (TPSA) is 67.4 Å². The van der Waals surface area contributed by atoms with Crippen molar-refractivity contribution in [2.24, 2.45) is 7.05 Å². The number of hydrogen-bond acceptors (Lipinski definition) is 4. The van der Waals surface area contributed by atoms with E-state index in [0.717, 1.165) is 0 Å². The Labute approximate surface area is 80.7 Å². The van der Waals surface area contributed by atoms with Crippen LogP contribution in [0.4, 0.5) is 0 Å². The summed E-state index contributed by atoms with van der Waals surface area (Å²) in [5, 5.41) is 16.2. The van der Waals surface area contributed by atoms with Gasteiger partial charge >= 0.3 is 0 Å². The van der Waals surface area contributed by atoms with Gasteiger partial charge in [0.25, 0.3) is 0 Å². The smallest absolute Gasteiger partial charge is 0.182 e. The third-order valence-electron chi connectivity index (χ3n) is 1.83. The predicted octanol–water partition coefficient (Wildman–Crippen LogP) is 0.749. The van der Waals surface area contributed by atoms with Gasteiger partial charge in [-0.3, -0.25) is 4.98 Å². The van der Waals surface area contributed by atoms with Gasteiger partial charge in [-0.15, -0.1) is 10.2 Å². The van der Waals surface area contributed by atoms with Crippen LogP contribution in [0.2, 0.25) is 0 Å². The molecule has 0 amide bonds. The van der Waals surface area contributed by atoms with Crippen LogP contribution in [0.3, 0.4) is 0 Å². The predicted molar refractivity (Wildman–Crippen MR) is 48.9 cm³/mol. The standard InChI is InChI=1S/C9H7N5/c1-14-6-12-13-9(14)8-3-2-7(4-10)5-11-8/h2-3,5-6H,1H3. The molecule has 2 aromatic rings. The molecule has 0 bridgehead atoms. The molecule has 0 fully saturated rings. The summed E-state index contributed by atoms with van der Waals surface area (Å²) in [4.78, 5) is 4.11. The van der Waals surface area contributed by atoms with Crippen molar-refractivity contribution in [3.05, 3.63) is 30.2 Å². The molecule has 0 aliphatic rings. The Hall–Kier alpha value is -2.22. The fraction of sp³-hybridized carbons (Fsp3) is 0.111. The highest BCUT2D eigenvalue weighted by Crippen LogP contribution is 2.12. The summed E-state index contributed by atoms with van der Waals surface area (Å²) in [6.45, 7) is 0. The molecule has 2 aromatic heterocycles. The van der Waals surface area contributed by atoms with Gasteiger partial charge in [0.15, 0.2) is 5.82 Å². The van der Waals surface area contributed by atoms with Gasteiger partial charge in [0.05, 0.1) is 5.56 Å². The van der Waals surface area contributed by atoms with Crippen molar-refractivity contribution in [2.75, 3.05) is 0 Å².